The smallest absolute Gasteiger partial charge is 0.228 e. The number of rotatable bonds is 5. The molecule has 1 saturated heterocycles. The van der Waals surface area contributed by atoms with Gasteiger partial charge in [-0.3, -0.25) is 9.69 Å². The van der Waals surface area contributed by atoms with E-state index in [1.54, 1.807) is 4.90 Å². The monoisotopic (exact) mass is 350 g/mol. The number of thiazole rings is 1. The van der Waals surface area contributed by atoms with E-state index >= 15 is 0 Å². The Bertz CT molecular complexity index is 665. The molecule has 2 heterocycles. The molecule has 0 bridgehead atoms. The first-order valence-electron chi connectivity index (χ1n) is 7.81. The maximum absolute atomic E-state index is 12.3. The highest BCUT2D eigenvalue weighted by atomic mass is 35.5. The SMILES string of the molecule is CCC(=O)N(C[C@H]1CCCO1)c1nc(-c2ccc(Cl)cc2)cs1. The third-order valence-corrected chi connectivity index (χ3v) is 4.99. The summed E-state index contributed by atoms with van der Waals surface area (Å²) < 4.78 is 5.67. The summed E-state index contributed by atoms with van der Waals surface area (Å²) in [5.74, 6) is 0.0810. The van der Waals surface area contributed by atoms with E-state index in [-0.39, 0.29) is 12.0 Å². The second-order valence-electron chi connectivity index (χ2n) is 5.52. The number of halogens is 1. The van der Waals surface area contributed by atoms with Crippen LogP contribution >= 0.6 is 22.9 Å². The molecule has 3 rings (SSSR count). The van der Waals surface area contributed by atoms with Gasteiger partial charge in [-0.05, 0) is 25.0 Å². The fourth-order valence-corrected chi connectivity index (χ4v) is 3.60. The van der Waals surface area contributed by atoms with Gasteiger partial charge in [-0.25, -0.2) is 4.98 Å². The summed E-state index contributed by atoms with van der Waals surface area (Å²) in [4.78, 5) is 18.7. The average Bonchev–Trinajstić information content (AvgIpc) is 3.24. The molecule has 4 nitrogen and oxygen atoms in total. The molecule has 1 aromatic carbocycles. The Balaban J connectivity index is 1.81. The van der Waals surface area contributed by atoms with E-state index in [1.165, 1.54) is 11.3 Å². The lowest BCUT2D eigenvalue weighted by atomic mass is 10.2. The molecule has 1 atom stereocenters. The van der Waals surface area contributed by atoms with Gasteiger partial charge in [0.05, 0.1) is 18.3 Å². The Hall–Kier alpha value is -1.43. The average molecular weight is 351 g/mol. The van der Waals surface area contributed by atoms with Gasteiger partial charge in [0.1, 0.15) is 0 Å². The highest BCUT2D eigenvalue weighted by molar-refractivity contribution is 7.14. The Kier molecular flexibility index (Phi) is 5.30. The molecule has 0 saturated carbocycles. The normalized spacial score (nSPS) is 17.4. The predicted octanol–water partition coefficient (Wildman–Crippen LogP) is 4.39. The van der Waals surface area contributed by atoms with Crippen molar-refractivity contribution in [3.05, 3.63) is 34.7 Å². The van der Waals surface area contributed by atoms with E-state index in [2.05, 4.69) is 4.98 Å². The van der Waals surface area contributed by atoms with Crippen molar-refractivity contribution < 1.29 is 9.53 Å². The third-order valence-electron chi connectivity index (χ3n) is 3.88. The van der Waals surface area contributed by atoms with Gasteiger partial charge in [-0.1, -0.05) is 30.7 Å². The number of hydrogen-bond donors (Lipinski definition) is 0. The molecular formula is C17H19ClN2O2S. The van der Waals surface area contributed by atoms with Gasteiger partial charge >= 0.3 is 0 Å². The lowest BCUT2D eigenvalue weighted by Gasteiger charge is -2.22. The van der Waals surface area contributed by atoms with Gasteiger partial charge in [0.25, 0.3) is 0 Å². The Morgan fingerprint density at radius 1 is 1.43 bits per heavy atom. The van der Waals surface area contributed by atoms with Crippen LogP contribution in [-0.2, 0) is 9.53 Å². The maximum atomic E-state index is 12.3. The number of benzene rings is 1. The molecule has 122 valence electrons. The molecule has 0 spiro atoms. The van der Waals surface area contributed by atoms with Crippen LogP contribution in [0.3, 0.4) is 0 Å². The lowest BCUT2D eigenvalue weighted by Crippen LogP contribution is -2.37. The minimum Gasteiger partial charge on any atom is -0.376 e. The quantitative estimate of drug-likeness (QED) is 0.803. The summed E-state index contributed by atoms with van der Waals surface area (Å²) in [5, 5.41) is 3.41. The second-order valence-corrected chi connectivity index (χ2v) is 6.79. The van der Waals surface area contributed by atoms with Crippen molar-refractivity contribution in [1.29, 1.82) is 0 Å². The molecule has 23 heavy (non-hydrogen) atoms. The lowest BCUT2D eigenvalue weighted by molar-refractivity contribution is -0.118. The van der Waals surface area contributed by atoms with Gasteiger partial charge < -0.3 is 4.74 Å². The number of ether oxygens (including phenoxy) is 1. The highest BCUT2D eigenvalue weighted by Gasteiger charge is 2.25. The summed E-state index contributed by atoms with van der Waals surface area (Å²) in [5.41, 5.74) is 1.86. The standard InChI is InChI=1S/C17H19ClN2O2S/c1-2-16(21)20(10-14-4-3-9-22-14)17-19-15(11-23-17)12-5-7-13(18)8-6-12/h5-8,11,14H,2-4,9-10H2,1H3/t14-/m1/s1. The molecule has 6 heteroatoms. The summed E-state index contributed by atoms with van der Waals surface area (Å²) in [6.07, 6.45) is 2.64. The van der Waals surface area contributed by atoms with Crippen molar-refractivity contribution >= 4 is 34.0 Å². The number of hydrogen-bond acceptors (Lipinski definition) is 4. The second kappa shape index (κ2) is 7.43. The van der Waals surface area contributed by atoms with Crippen molar-refractivity contribution in [3.8, 4) is 11.3 Å². The number of carbonyl (C=O) groups excluding carboxylic acids is 1. The molecule has 1 aliphatic rings. The van der Waals surface area contributed by atoms with Crippen LogP contribution in [0.25, 0.3) is 11.3 Å². The van der Waals surface area contributed by atoms with Crippen molar-refractivity contribution in [2.45, 2.75) is 32.3 Å². The zero-order chi connectivity index (χ0) is 16.2. The highest BCUT2D eigenvalue weighted by Crippen LogP contribution is 2.29. The van der Waals surface area contributed by atoms with Crippen molar-refractivity contribution in [3.63, 3.8) is 0 Å². The minimum absolute atomic E-state index is 0.0810. The van der Waals surface area contributed by atoms with Gasteiger partial charge in [0.2, 0.25) is 5.91 Å². The first kappa shape index (κ1) is 16.4. The Labute approximate surface area is 145 Å². The van der Waals surface area contributed by atoms with E-state index in [0.717, 1.165) is 35.8 Å². The Morgan fingerprint density at radius 3 is 2.87 bits per heavy atom. The first-order chi connectivity index (χ1) is 11.2. The molecule has 0 radical (unpaired) electrons. The molecular weight excluding hydrogens is 332 g/mol. The largest absolute Gasteiger partial charge is 0.376 e. The summed E-state index contributed by atoms with van der Waals surface area (Å²) in [6.45, 7) is 3.24. The van der Waals surface area contributed by atoms with Crippen LogP contribution in [0.4, 0.5) is 5.13 Å². The zero-order valence-corrected chi connectivity index (χ0v) is 14.6. The summed E-state index contributed by atoms with van der Waals surface area (Å²) in [6, 6.07) is 7.56. The number of nitrogens with zero attached hydrogens (tertiary/aromatic N) is 2. The van der Waals surface area contributed by atoms with E-state index in [4.69, 9.17) is 16.3 Å². The maximum Gasteiger partial charge on any atom is 0.228 e. The van der Waals surface area contributed by atoms with Crippen molar-refractivity contribution in [2.24, 2.45) is 0 Å². The van der Waals surface area contributed by atoms with Crippen LogP contribution in [0, 0.1) is 0 Å². The minimum atomic E-state index is 0.0810. The first-order valence-corrected chi connectivity index (χ1v) is 9.06. The number of aromatic nitrogens is 1. The van der Waals surface area contributed by atoms with Crippen LogP contribution in [-0.4, -0.2) is 30.1 Å². The van der Waals surface area contributed by atoms with E-state index in [0.29, 0.717) is 18.0 Å². The van der Waals surface area contributed by atoms with Gasteiger partial charge in [0.15, 0.2) is 5.13 Å². The van der Waals surface area contributed by atoms with Crippen LogP contribution in [0.5, 0.6) is 0 Å². The number of anilines is 1. The summed E-state index contributed by atoms with van der Waals surface area (Å²) >= 11 is 7.41. The van der Waals surface area contributed by atoms with Crippen LogP contribution in [0.15, 0.2) is 29.6 Å². The third kappa shape index (κ3) is 3.91. The number of amides is 1. The van der Waals surface area contributed by atoms with Crippen LogP contribution in [0.2, 0.25) is 5.02 Å². The number of carbonyl (C=O) groups is 1. The molecule has 0 aliphatic carbocycles. The van der Waals surface area contributed by atoms with Crippen molar-refractivity contribution in [2.75, 3.05) is 18.1 Å². The fraction of sp³-hybridized carbons (Fsp3) is 0.412. The molecule has 0 N–H and O–H groups in total. The van der Waals surface area contributed by atoms with E-state index < -0.39 is 0 Å². The Morgan fingerprint density at radius 2 is 2.22 bits per heavy atom. The summed E-state index contributed by atoms with van der Waals surface area (Å²) in [7, 11) is 0. The molecule has 0 unspecified atom stereocenters. The molecule has 2 aromatic rings. The predicted molar refractivity (Wildman–Crippen MR) is 94.2 cm³/mol. The van der Waals surface area contributed by atoms with Crippen molar-refractivity contribution in [1.82, 2.24) is 4.98 Å². The van der Waals surface area contributed by atoms with E-state index in [1.807, 2.05) is 36.6 Å². The molecule has 1 fully saturated rings. The van der Waals surface area contributed by atoms with Gasteiger partial charge in [-0.15, -0.1) is 11.3 Å². The fourth-order valence-electron chi connectivity index (χ4n) is 2.61. The molecule has 1 aliphatic heterocycles. The zero-order valence-electron chi connectivity index (χ0n) is 13.0. The van der Waals surface area contributed by atoms with Crippen LogP contribution < -0.4 is 4.90 Å². The molecule has 1 amide bonds. The van der Waals surface area contributed by atoms with Crippen LogP contribution in [0.1, 0.15) is 26.2 Å². The van der Waals surface area contributed by atoms with Gasteiger partial charge in [0, 0.05) is 29.0 Å². The topological polar surface area (TPSA) is 42.4 Å². The van der Waals surface area contributed by atoms with Gasteiger partial charge in [-0.2, -0.15) is 0 Å². The molecule has 1 aromatic heterocycles. The van der Waals surface area contributed by atoms with E-state index in [9.17, 15) is 4.79 Å².